The molecule has 11 rings (SSSR count). The van der Waals surface area contributed by atoms with Gasteiger partial charge in [0.2, 0.25) is 0 Å². The predicted octanol–water partition coefficient (Wildman–Crippen LogP) is 13.2. The molecule has 3 nitrogen and oxygen atoms in total. The molecule has 268 valence electrons. The van der Waals surface area contributed by atoms with E-state index < -0.39 is 0 Å². The summed E-state index contributed by atoms with van der Waals surface area (Å²) >= 11 is 0. The Hall–Kier alpha value is -7.23. The van der Waals surface area contributed by atoms with E-state index in [1.807, 2.05) is 36.4 Å². The zero-order chi connectivity index (χ0) is 37.8. The highest BCUT2D eigenvalue weighted by Gasteiger charge is 2.49. The Morgan fingerprint density at radius 2 is 0.965 bits per heavy atom. The summed E-state index contributed by atoms with van der Waals surface area (Å²) in [6.45, 7) is 0. The first-order valence-electron chi connectivity index (χ1n) is 19.7. The Kier molecular flexibility index (Phi) is 7.85. The van der Waals surface area contributed by atoms with Crippen molar-refractivity contribution in [3.05, 3.63) is 229 Å². The lowest BCUT2D eigenvalue weighted by Crippen LogP contribution is -2.35. The molecule has 2 atom stereocenters. The molecule has 0 bridgehead atoms. The highest BCUT2D eigenvalue weighted by molar-refractivity contribution is 6.04. The van der Waals surface area contributed by atoms with Crippen molar-refractivity contribution in [1.29, 1.82) is 0 Å². The molecule has 2 aliphatic carbocycles. The van der Waals surface area contributed by atoms with Crippen molar-refractivity contribution in [2.24, 2.45) is 5.92 Å². The van der Waals surface area contributed by atoms with Crippen molar-refractivity contribution < 1.29 is 0 Å². The van der Waals surface area contributed by atoms with Gasteiger partial charge >= 0.3 is 0 Å². The SMILES string of the molecule is C1=CC(C2(c3ccccc3)c3ccccc3-c3c2ccc2ccccc32)CC=C1c1c(-c2nc(-c3ccccc3)nc(-c3ccccc3)n2)ccc2ccccc12. The normalized spacial score (nSPS) is 17.0. The summed E-state index contributed by atoms with van der Waals surface area (Å²) in [4.78, 5) is 15.4. The monoisotopic (exact) mass is 727 g/mol. The third-order valence-electron chi connectivity index (χ3n) is 12.0. The molecule has 0 aliphatic heterocycles. The fourth-order valence-corrected chi connectivity index (χ4v) is 9.53. The molecule has 57 heavy (non-hydrogen) atoms. The van der Waals surface area contributed by atoms with E-state index in [2.05, 4.69) is 170 Å². The van der Waals surface area contributed by atoms with Gasteiger partial charge in [-0.3, -0.25) is 0 Å². The fraction of sp³-hybridized carbons (Fsp3) is 0.0556. The number of allylic oxidation sites excluding steroid dienone is 4. The second-order valence-corrected chi connectivity index (χ2v) is 15.0. The van der Waals surface area contributed by atoms with E-state index in [0.29, 0.717) is 17.5 Å². The highest BCUT2D eigenvalue weighted by Crippen LogP contribution is 2.59. The molecule has 0 N–H and O–H groups in total. The third-order valence-corrected chi connectivity index (χ3v) is 12.0. The first kappa shape index (κ1) is 33.1. The van der Waals surface area contributed by atoms with Gasteiger partial charge < -0.3 is 0 Å². The van der Waals surface area contributed by atoms with Crippen LogP contribution in [0.2, 0.25) is 0 Å². The number of fused-ring (bicyclic) bond motifs is 6. The minimum absolute atomic E-state index is 0.164. The van der Waals surface area contributed by atoms with Crippen LogP contribution in [0, 0.1) is 5.92 Å². The van der Waals surface area contributed by atoms with Crippen LogP contribution >= 0.6 is 0 Å². The van der Waals surface area contributed by atoms with Crippen LogP contribution in [0.1, 0.15) is 28.7 Å². The maximum atomic E-state index is 5.19. The smallest absolute Gasteiger partial charge is 0.164 e. The van der Waals surface area contributed by atoms with Crippen LogP contribution in [0.5, 0.6) is 0 Å². The Morgan fingerprint density at radius 3 is 1.61 bits per heavy atom. The number of nitrogens with zero attached hydrogens (tertiary/aromatic N) is 3. The van der Waals surface area contributed by atoms with Gasteiger partial charge in [-0.1, -0.05) is 200 Å². The van der Waals surface area contributed by atoms with Crippen molar-refractivity contribution in [3.63, 3.8) is 0 Å². The summed E-state index contributed by atoms with van der Waals surface area (Å²) in [6, 6.07) is 67.3. The minimum Gasteiger partial charge on any atom is -0.208 e. The molecule has 0 fully saturated rings. The zero-order valence-corrected chi connectivity index (χ0v) is 31.3. The first-order chi connectivity index (χ1) is 28.3. The maximum Gasteiger partial charge on any atom is 0.164 e. The number of hydrogen-bond acceptors (Lipinski definition) is 3. The molecular weight excluding hydrogens is 691 g/mol. The van der Waals surface area contributed by atoms with Crippen molar-refractivity contribution in [3.8, 4) is 45.3 Å². The molecule has 0 spiro atoms. The van der Waals surface area contributed by atoms with E-state index in [-0.39, 0.29) is 11.3 Å². The standard InChI is InChI=1S/C54H37N3/c1-4-18-39(19-5-1)51-55-52(40-20-6-2-7-21-40)57-53(56-51)46-34-30-36-16-10-12-24-43(36)49(46)38-28-32-42(33-29-38)54(41-22-8-3-9-23-41)47-27-15-14-26-45(47)50-44-25-13-11-17-37(44)31-35-48(50)54/h1-32,34-35,42H,33H2. The number of rotatable bonds is 6. The summed E-state index contributed by atoms with van der Waals surface area (Å²) in [6.07, 6.45) is 8.15. The summed E-state index contributed by atoms with van der Waals surface area (Å²) in [5.41, 5.74) is 11.6. The van der Waals surface area contributed by atoms with E-state index in [1.54, 1.807) is 0 Å². The molecule has 2 unspecified atom stereocenters. The Morgan fingerprint density at radius 1 is 0.421 bits per heavy atom. The van der Waals surface area contributed by atoms with E-state index in [1.165, 1.54) is 54.9 Å². The lowest BCUT2D eigenvalue weighted by molar-refractivity contribution is 0.458. The summed E-state index contributed by atoms with van der Waals surface area (Å²) in [7, 11) is 0. The topological polar surface area (TPSA) is 38.7 Å². The van der Waals surface area contributed by atoms with Gasteiger partial charge in [0.1, 0.15) is 0 Å². The molecule has 8 aromatic carbocycles. The lowest BCUT2D eigenvalue weighted by atomic mass is 9.62. The zero-order valence-electron chi connectivity index (χ0n) is 31.3. The van der Waals surface area contributed by atoms with E-state index in [4.69, 9.17) is 15.0 Å². The second kappa shape index (κ2) is 13.5. The van der Waals surface area contributed by atoms with Crippen LogP contribution in [0.25, 0.3) is 72.4 Å². The van der Waals surface area contributed by atoms with E-state index in [9.17, 15) is 0 Å². The van der Waals surface area contributed by atoms with Crippen LogP contribution < -0.4 is 0 Å². The highest BCUT2D eigenvalue weighted by atomic mass is 15.0. The molecular formula is C54H37N3. The number of hydrogen-bond donors (Lipinski definition) is 0. The number of benzene rings is 8. The molecule has 0 saturated heterocycles. The van der Waals surface area contributed by atoms with Crippen molar-refractivity contribution in [1.82, 2.24) is 15.0 Å². The summed E-state index contributed by atoms with van der Waals surface area (Å²) in [5, 5.41) is 4.93. The van der Waals surface area contributed by atoms with E-state index >= 15 is 0 Å². The molecule has 0 amide bonds. The molecule has 3 heteroatoms. The second-order valence-electron chi connectivity index (χ2n) is 15.0. The van der Waals surface area contributed by atoms with Gasteiger partial charge in [-0.05, 0) is 73.3 Å². The summed E-state index contributed by atoms with van der Waals surface area (Å²) < 4.78 is 0. The van der Waals surface area contributed by atoms with Crippen LogP contribution in [-0.4, -0.2) is 15.0 Å². The van der Waals surface area contributed by atoms with Gasteiger partial charge in [-0.25, -0.2) is 15.0 Å². The molecule has 1 aromatic heterocycles. The Labute approximate surface area is 332 Å². The molecule has 2 aliphatic rings. The van der Waals surface area contributed by atoms with Crippen LogP contribution in [-0.2, 0) is 5.41 Å². The average Bonchev–Trinajstić information content (AvgIpc) is 3.61. The van der Waals surface area contributed by atoms with Gasteiger partial charge in [-0.2, -0.15) is 0 Å². The predicted molar refractivity (Wildman–Crippen MR) is 235 cm³/mol. The molecule has 9 aromatic rings. The van der Waals surface area contributed by atoms with Gasteiger partial charge in [-0.15, -0.1) is 0 Å². The third kappa shape index (κ3) is 5.31. The van der Waals surface area contributed by atoms with E-state index in [0.717, 1.165) is 28.7 Å². The van der Waals surface area contributed by atoms with Crippen molar-refractivity contribution in [2.75, 3.05) is 0 Å². The quantitative estimate of drug-likeness (QED) is 0.171. The Balaban J connectivity index is 1.10. The average molecular weight is 728 g/mol. The van der Waals surface area contributed by atoms with Crippen molar-refractivity contribution >= 4 is 27.1 Å². The van der Waals surface area contributed by atoms with Crippen LogP contribution in [0.15, 0.2) is 206 Å². The number of aromatic nitrogens is 3. The van der Waals surface area contributed by atoms with Crippen LogP contribution in [0.3, 0.4) is 0 Å². The minimum atomic E-state index is -0.374. The van der Waals surface area contributed by atoms with Crippen LogP contribution in [0.4, 0.5) is 0 Å². The van der Waals surface area contributed by atoms with Gasteiger partial charge in [0.05, 0.1) is 5.41 Å². The van der Waals surface area contributed by atoms with Gasteiger partial charge in [0, 0.05) is 22.3 Å². The molecule has 0 radical (unpaired) electrons. The first-order valence-corrected chi connectivity index (χ1v) is 19.7. The van der Waals surface area contributed by atoms with Crippen molar-refractivity contribution in [2.45, 2.75) is 11.8 Å². The lowest BCUT2D eigenvalue weighted by Gasteiger charge is -2.40. The maximum absolute atomic E-state index is 5.19. The Bertz CT molecular complexity index is 2980. The van der Waals surface area contributed by atoms with Gasteiger partial charge in [0.15, 0.2) is 17.5 Å². The largest absolute Gasteiger partial charge is 0.208 e. The van der Waals surface area contributed by atoms with Gasteiger partial charge in [0.25, 0.3) is 0 Å². The molecule has 1 heterocycles. The summed E-state index contributed by atoms with van der Waals surface area (Å²) in [5.74, 6) is 2.13. The fourth-order valence-electron chi connectivity index (χ4n) is 9.53. The molecule has 0 saturated carbocycles.